The molecule has 4 heteroatoms. The molecule has 1 aromatic rings. The number of carbonyl (C=O) groups excluding carboxylic acids is 1. The van der Waals surface area contributed by atoms with Crippen molar-refractivity contribution >= 4 is 17.7 Å². The second-order valence-electron chi connectivity index (χ2n) is 4.33. The van der Waals surface area contributed by atoms with E-state index >= 15 is 0 Å². The van der Waals surface area contributed by atoms with Gasteiger partial charge in [-0.1, -0.05) is 18.9 Å². The number of thioether (sulfide) groups is 1. The maximum atomic E-state index is 11.7. The molecule has 1 aliphatic carbocycles. The van der Waals surface area contributed by atoms with Crippen molar-refractivity contribution < 1.29 is 9.90 Å². The fourth-order valence-corrected chi connectivity index (χ4v) is 2.82. The van der Waals surface area contributed by atoms with Gasteiger partial charge in [-0.05, 0) is 31.0 Å². The van der Waals surface area contributed by atoms with E-state index in [2.05, 4.69) is 5.32 Å². The molecule has 0 aliphatic heterocycles. The number of aromatic hydroxyl groups is 1. The van der Waals surface area contributed by atoms with Crippen molar-refractivity contribution in [1.82, 2.24) is 5.32 Å². The Labute approximate surface area is 106 Å². The fraction of sp³-hybridized carbons (Fsp3) is 0.462. The van der Waals surface area contributed by atoms with Gasteiger partial charge in [0.2, 0.25) is 5.91 Å². The second kappa shape index (κ2) is 5.96. The summed E-state index contributed by atoms with van der Waals surface area (Å²) in [6.45, 7) is 0. The minimum Gasteiger partial charge on any atom is -0.508 e. The molecule has 0 radical (unpaired) electrons. The smallest absolute Gasteiger partial charge is 0.230 e. The molecule has 0 atom stereocenters. The Morgan fingerprint density at radius 3 is 2.88 bits per heavy atom. The molecule has 0 aromatic heterocycles. The van der Waals surface area contributed by atoms with E-state index in [9.17, 15) is 9.90 Å². The summed E-state index contributed by atoms with van der Waals surface area (Å²) in [5.74, 6) is 0.747. The average molecular weight is 251 g/mol. The van der Waals surface area contributed by atoms with E-state index in [1.165, 1.54) is 24.6 Å². The van der Waals surface area contributed by atoms with Gasteiger partial charge in [0.05, 0.1) is 5.75 Å². The number of rotatable bonds is 4. The van der Waals surface area contributed by atoms with Gasteiger partial charge >= 0.3 is 0 Å². The third-order valence-electron chi connectivity index (χ3n) is 2.91. The zero-order valence-electron chi connectivity index (χ0n) is 9.69. The standard InChI is InChI=1S/C13H17NO2S/c15-11-6-3-7-12(8-11)17-9-13(16)14-10-4-1-2-5-10/h3,6-8,10,15H,1-2,4-5,9H2,(H,14,16). The number of carbonyl (C=O) groups is 1. The third-order valence-corrected chi connectivity index (χ3v) is 3.90. The van der Waals surface area contributed by atoms with Crippen molar-refractivity contribution in [1.29, 1.82) is 0 Å². The monoisotopic (exact) mass is 251 g/mol. The molecule has 1 aromatic carbocycles. The summed E-state index contributed by atoms with van der Waals surface area (Å²) in [6.07, 6.45) is 4.68. The van der Waals surface area contributed by atoms with Gasteiger partial charge in [0.1, 0.15) is 5.75 Å². The summed E-state index contributed by atoms with van der Waals surface area (Å²) in [5.41, 5.74) is 0. The lowest BCUT2D eigenvalue weighted by molar-refractivity contribution is -0.119. The zero-order chi connectivity index (χ0) is 12.1. The Morgan fingerprint density at radius 2 is 2.18 bits per heavy atom. The summed E-state index contributed by atoms with van der Waals surface area (Å²) in [7, 11) is 0. The van der Waals surface area contributed by atoms with E-state index in [4.69, 9.17) is 0 Å². The Kier molecular flexibility index (Phi) is 4.31. The molecule has 0 saturated heterocycles. The second-order valence-corrected chi connectivity index (χ2v) is 5.38. The van der Waals surface area contributed by atoms with Gasteiger partial charge in [-0.25, -0.2) is 0 Å². The molecule has 0 spiro atoms. The molecular formula is C13H17NO2S. The van der Waals surface area contributed by atoms with Gasteiger partial charge in [0.25, 0.3) is 0 Å². The van der Waals surface area contributed by atoms with E-state index in [-0.39, 0.29) is 11.7 Å². The molecule has 0 bridgehead atoms. The molecule has 1 aliphatic rings. The van der Waals surface area contributed by atoms with Gasteiger partial charge in [0.15, 0.2) is 0 Å². The topological polar surface area (TPSA) is 49.3 Å². The van der Waals surface area contributed by atoms with Gasteiger partial charge in [-0.15, -0.1) is 11.8 Å². The van der Waals surface area contributed by atoms with Gasteiger partial charge < -0.3 is 10.4 Å². The Balaban J connectivity index is 1.75. The third kappa shape index (κ3) is 3.97. The molecule has 17 heavy (non-hydrogen) atoms. The van der Waals surface area contributed by atoms with Crippen molar-refractivity contribution in [2.75, 3.05) is 5.75 Å². The number of amides is 1. The van der Waals surface area contributed by atoms with Gasteiger partial charge in [-0.3, -0.25) is 4.79 Å². The molecule has 92 valence electrons. The number of phenolic OH excluding ortho intramolecular Hbond substituents is 1. The van der Waals surface area contributed by atoms with Crippen LogP contribution in [0.3, 0.4) is 0 Å². The summed E-state index contributed by atoms with van der Waals surface area (Å²) < 4.78 is 0. The molecule has 1 amide bonds. The number of hydrogen-bond donors (Lipinski definition) is 2. The van der Waals surface area contributed by atoms with E-state index in [1.54, 1.807) is 18.2 Å². The van der Waals surface area contributed by atoms with Crippen LogP contribution in [0.5, 0.6) is 5.75 Å². The normalized spacial score (nSPS) is 16.0. The van der Waals surface area contributed by atoms with Crippen LogP contribution in [0.25, 0.3) is 0 Å². The van der Waals surface area contributed by atoms with Crippen LogP contribution >= 0.6 is 11.8 Å². The lowest BCUT2D eigenvalue weighted by Crippen LogP contribution is -2.33. The molecule has 3 nitrogen and oxygen atoms in total. The molecule has 1 fully saturated rings. The van der Waals surface area contributed by atoms with Crippen LogP contribution in [0, 0.1) is 0 Å². The first-order valence-corrected chi connectivity index (χ1v) is 6.94. The van der Waals surface area contributed by atoms with Crippen LogP contribution in [0.2, 0.25) is 0 Å². The van der Waals surface area contributed by atoms with E-state index < -0.39 is 0 Å². The summed E-state index contributed by atoms with van der Waals surface area (Å²) in [6, 6.07) is 7.36. The highest BCUT2D eigenvalue weighted by atomic mass is 32.2. The first kappa shape index (κ1) is 12.3. The van der Waals surface area contributed by atoms with E-state index in [1.807, 2.05) is 6.07 Å². The lowest BCUT2D eigenvalue weighted by Gasteiger charge is -2.11. The molecular weight excluding hydrogens is 234 g/mol. The van der Waals surface area contributed by atoms with Crippen LogP contribution in [-0.2, 0) is 4.79 Å². The first-order chi connectivity index (χ1) is 8.24. The summed E-state index contributed by atoms with van der Waals surface area (Å²) >= 11 is 1.45. The molecule has 2 rings (SSSR count). The van der Waals surface area contributed by atoms with Crippen LogP contribution < -0.4 is 5.32 Å². The van der Waals surface area contributed by atoms with Crippen LogP contribution in [0.4, 0.5) is 0 Å². The van der Waals surface area contributed by atoms with Crippen LogP contribution in [0.1, 0.15) is 25.7 Å². The van der Waals surface area contributed by atoms with E-state index in [0.717, 1.165) is 17.7 Å². The van der Waals surface area contributed by atoms with Crippen LogP contribution in [0.15, 0.2) is 29.2 Å². The SMILES string of the molecule is O=C(CSc1cccc(O)c1)NC1CCCC1. The van der Waals surface area contributed by atoms with E-state index in [0.29, 0.717) is 11.8 Å². The molecule has 0 unspecified atom stereocenters. The lowest BCUT2D eigenvalue weighted by atomic mass is 10.2. The number of phenols is 1. The number of benzene rings is 1. The number of hydrogen-bond acceptors (Lipinski definition) is 3. The average Bonchev–Trinajstić information content (AvgIpc) is 2.79. The number of nitrogens with one attached hydrogen (secondary N) is 1. The van der Waals surface area contributed by atoms with Crippen molar-refractivity contribution in [3.63, 3.8) is 0 Å². The predicted octanol–water partition coefficient (Wildman–Crippen LogP) is 2.54. The Bertz CT molecular complexity index is 389. The summed E-state index contributed by atoms with van der Waals surface area (Å²) in [4.78, 5) is 12.6. The molecule has 0 heterocycles. The maximum Gasteiger partial charge on any atom is 0.230 e. The molecule has 2 N–H and O–H groups in total. The molecule has 1 saturated carbocycles. The summed E-state index contributed by atoms with van der Waals surface area (Å²) in [5, 5.41) is 12.3. The maximum absolute atomic E-state index is 11.7. The van der Waals surface area contributed by atoms with Crippen molar-refractivity contribution in [3.05, 3.63) is 24.3 Å². The quantitative estimate of drug-likeness (QED) is 0.809. The highest BCUT2D eigenvalue weighted by Crippen LogP contribution is 2.22. The van der Waals surface area contributed by atoms with Crippen molar-refractivity contribution in [3.8, 4) is 5.75 Å². The zero-order valence-corrected chi connectivity index (χ0v) is 10.5. The van der Waals surface area contributed by atoms with Crippen molar-refractivity contribution in [2.24, 2.45) is 0 Å². The van der Waals surface area contributed by atoms with Gasteiger partial charge in [-0.2, -0.15) is 0 Å². The largest absolute Gasteiger partial charge is 0.508 e. The van der Waals surface area contributed by atoms with Crippen molar-refractivity contribution in [2.45, 2.75) is 36.6 Å². The fourth-order valence-electron chi connectivity index (χ4n) is 2.06. The van der Waals surface area contributed by atoms with Crippen LogP contribution in [-0.4, -0.2) is 22.8 Å². The highest BCUT2D eigenvalue weighted by molar-refractivity contribution is 8.00. The minimum absolute atomic E-state index is 0.0882. The minimum atomic E-state index is 0.0882. The van der Waals surface area contributed by atoms with Gasteiger partial charge in [0, 0.05) is 10.9 Å². The predicted molar refractivity (Wildman–Crippen MR) is 69.2 cm³/mol. The first-order valence-electron chi connectivity index (χ1n) is 5.95. The highest BCUT2D eigenvalue weighted by Gasteiger charge is 2.16. The Morgan fingerprint density at radius 1 is 1.41 bits per heavy atom. The Hall–Kier alpha value is -1.16.